The minimum atomic E-state index is 0.234. The molecule has 1 saturated heterocycles. The number of hydrazine groups is 1. The van der Waals surface area contributed by atoms with Crippen molar-refractivity contribution in [3.8, 4) is 0 Å². The number of ether oxygens (including phenoxy) is 1. The van der Waals surface area contributed by atoms with Gasteiger partial charge in [0.15, 0.2) is 0 Å². The van der Waals surface area contributed by atoms with Crippen LogP contribution >= 0.6 is 0 Å². The molecular weight excluding hydrogens is 230 g/mol. The summed E-state index contributed by atoms with van der Waals surface area (Å²) >= 11 is 0. The molecule has 0 aliphatic carbocycles. The van der Waals surface area contributed by atoms with Gasteiger partial charge in [-0.3, -0.25) is 0 Å². The van der Waals surface area contributed by atoms with Gasteiger partial charge in [0, 0.05) is 25.6 Å². The van der Waals surface area contributed by atoms with Crippen LogP contribution in [0.1, 0.15) is 26.1 Å². The molecule has 1 aromatic heterocycles. The molecule has 2 rings (SSSR count). The number of rotatable bonds is 4. The SMILES string of the molecule is CCCc1nc(NN)cc(N2CCOC(C)C2)n1. The van der Waals surface area contributed by atoms with Gasteiger partial charge in [-0.05, 0) is 13.3 Å². The summed E-state index contributed by atoms with van der Waals surface area (Å²) in [5, 5.41) is 0. The van der Waals surface area contributed by atoms with Crippen molar-refractivity contribution in [2.45, 2.75) is 32.8 Å². The summed E-state index contributed by atoms with van der Waals surface area (Å²) in [6.45, 7) is 6.63. The van der Waals surface area contributed by atoms with Crippen molar-refractivity contribution in [2.24, 2.45) is 5.84 Å². The molecule has 0 amide bonds. The first kappa shape index (κ1) is 13.0. The van der Waals surface area contributed by atoms with Crippen molar-refractivity contribution in [3.63, 3.8) is 0 Å². The van der Waals surface area contributed by atoms with Gasteiger partial charge in [-0.1, -0.05) is 6.92 Å². The molecule has 2 heterocycles. The second-order valence-corrected chi connectivity index (χ2v) is 4.55. The monoisotopic (exact) mass is 251 g/mol. The van der Waals surface area contributed by atoms with Crippen LogP contribution < -0.4 is 16.2 Å². The van der Waals surface area contributed by atoms with Crippen molar-refractivity contribution in [1.29, 1.82) is 0 Å². The van der Waals surface area contributed by atoms with E-state index in [1.54, 1.807) is 0 Å². The average molecular weight is 251 g/mol. The number of aryl methyl sites for hydroxylation is 1. The number of hydrogen-bond donors (Lipinski definition) is 2. The van der Waals surface area contributed by atoms with Gasteiger partial charge in [0.1, 0.15) is 17.5 Å². The predicted molar refractivity (Wildman–Crippen MR) is 71.5 cm³/mol. The third kappa shape index (κ3) is 3.08. The van der Waals surface area contributed by atoms with Crippen LogP contribution in [0.4, 0.5) is 11.6 Å². The van der Waals surface area contributed by atoms with Gasteiger partial charge >= 0.3 is 0 Å². The van der Waals surface area contributed by atoms with Crippen molar-refractivity contribution in [2.75, 3.05) is 30.0 Å². The highest BCUT2D eigenvalue weighted by molar-refractivity contribution is 5.49. The van der Waals surface area contributed by atoms with Crippen LogP contribution in [0.3, 0.4) is 0 Å². The number of morpholine rings is 1. The topological polar surface area (TPSA) is 76.3 Å². The van der Waals surface area contributed by atoms with E-state index in [-0.39, 0.29) is 6.10 Å². The number of nitrogens with two attached hydrogens (primary N) is 1. The Labute approximate surface area is 108 Å². The maximum absolute atomic E-state index is 5.54. The molecule has 1 aromatic rings. The highest BCUT2D eigenvalue weighted by Crippen LogP contribution is 2.18. The molecule has 100 valence electrons. The first-order valence-electron chi connectivity index (χ1n) is 6.44. The van der Waals surface area contributed by atoms with E-state index in [1.807, 2.05) is 6.07 Å². The number of anilines is 2. The van der Waals surface area contributed by atoms with E-state index >= 15 is 0 Å². The van der Waals surface area contributed by atoms with Crippen molar-refractivity contribution in [1.82, 2.24) is 9.97 Å². The summed E-state index contributed by atoms with van der Waals surface area (Å²) in [5.74, 6) is 7.89. The summed E-state index contributed by atoms with van der Waals surface area (Å²) < 4.78 is 5.54. The highest BCUT2D eigenvalue weighted by Gasteiger charge is 2.19. The zero-order valence-electron chi connectivity index (χ0n) is 11.0. The minimum absolute atomic E-state index is 0.234. The molecule has 1 fully saturated rings. The zero-order chi connectivity index (χ0) is 13.0. The third-order valence-corrected chi connectivity index (χ3v) is 2.95. The van der Waals surface area contributed by atoms with Crippen molar-refractivity contribution in [3.05, 3.63) is 11.9 Å². The Morgan fingerprint density at radius 3 is 3.06 bits per heavy atom. The number of nitrogens with zero attached hydrogens (tertiary/aromatic N) is 3. The van der Waals surface area contributed by atoms with Crippen LogP contribution in [0.25, 0.3) is 0 Å². The molecule has 1 unspecified atom stereocenters. The smallest absolute Gasteiger partial charge is 0.145 e. The minimum Gasteiger partial charge on any atom is -0.375 e. The molecule has 1 aliphatic heterocycles. The van der Waals surface area contributed by atoms with Gasteiger partial charge in [-0.25, -0.2) is 15.8 Å². The lowest BCUT2D eigenvalue weighted by atomic mass is 10.3. The molecule has 0 saturated carbocycles. The Bertz CT molecular complexity index is 398. The molecule has 6 nitrogen and oxygen atoms in total. The molecule has 6 heteroatoms. The molecule has 0 bridgehead atoms. The number of nitrogen functional groups attached to an aromatic ring is 1. The summed E-state index contributed by atoms with van der Waals surface area (Å²) in [6, 6.07) is 1.89. The van der Waals surface area contributed by atoms with Crippen LogP contribution in [0, 0.1) is 0 Å². The van der Waals surface area contributed by atoms with Crippen molar-refractivity contribution < 1.29 is 4.74 Å². The van der Waals surface area contributed by atoms with Gasteiger partial charge in [0.2, 0.25) is 0 Å². The van der Waals surface area contributed by atoms with Gasteiger partial charge in [-0.15, -0.1) is 0 Å². The zero-order valence-corrected chi connectivity index (χ0v) is 11.0. The Morgan fingerprint density at radius 2 is 2.39 bits per heavy atom. The van der Waals surface area contributed by atoms with Gasteiger partial charge < -0.3 is 15.1 Å². The molecule has 18 heavy (non-hydrogen) atoms. The normalized spacial score (nSPS) is 19.9. The summed E-state index contributed by atoms with van der Waals surface area (Å²) in [4.78, 5) is 11.2. The fourth-order valence-corrected chi connectivity index (χ4v) is 2.08. The quantitative estimate of drug-likeness (QED) is 0.612. The Morgan fingerprint density at radius 1 is 1.56 bits per heavy atom. The molecule has 0 aromatic carbocycles. The summed E-state index contributed by atoms with van der Waals surface area (Å²) in [7, 11) is 0. The first-order chi connectivity index (χ1) is 8.72. The lowest BCUT2D eigenvalue weighted by molar-refractivity contribution is 0.0529. The van der Waals surface area contributed by atoms with Crippen LogP contribution in [0.15, 0.2) is 6.07 Å². The second-order valence-electron chi connectivity index (χ2n) is 4.55. The number of aromatic nitrogens is 2. The van der Waals surface area contributed by atoms with E-state index in [0.717, 1.165) is 44.2 Å². The van der Waals surface area contributed by atoms with E-state index in [9.17, 15) is 0 Å². The van der Waals surface area contributed by atoms with E-state index in [2.05, 4.69) is 34.1 Å². The fourth-order valence-electron chi connectivity index (χ4n) is 2.08. The number of nitrogens with one attached hydrogen (secondary N) is 1. The van der Waals surface area contributed by atoms with Crippen LogP contribution in [-0.2, 0) is 11.2 Å². The van der Waals surface area contributed by atoms with Crippen LogP contribution in [-0.4, -0.2) is 35.8 Å². The maximum Gasteiger partial charge on any atom is 0.145 e. The van der Waals surface area contributed by atoms with E-state index in [1.165, 1.54) is 0 Å². The van der Waals surface area contributed by atoms with Crippen LogP contribution in [0.5, 0.6) is 0 Å². The third-order valence-electron chi connectivity index (χ3n) is 2.95. The molecule has 0 spiro atoms. The lowest BCUT2D eigenvalue weighted by Crippen LogP contribution is -2.41. The van der Waals surface area contributed by atoms with Crippen LogP contribution in [0.2, 0.25) is 0 Å². The predicted octanol–water partition coefficient (Wildman–Crippen LogP) is 0.940. The van der Waals surface area contributed by atoms with Gasteiger partial charge in [0.25, 0.3) is 0 Å². The highest BCUT2D eigenvalue weighted by atomic mass is 16.5. The standard InChI is InChI=1S/C12H21N5O/c1-3-4-10-14-11(16-13)7-12(15-10)17-5-6-18-9(2)8-17/h7,9H,3-6,8,13H2,1-2H3,(H,14,15,16). The second kappa shape index (κ2) is 5.97. The molecule has 1 atom stereocenters. The molecule has 0 radical (unpaired) electrons. The fraction of sp³-hybridized carbons (Fsp3) is 0.667. The Balaban J connectivity index is 2.22. The maximum atomic E-state index is 5.54. The molecule has 3 N–H and O–H groups in total. The van der Waals surface area contributed by atoms with Crippen molar-refractivity contribution >= 4 is 11.6 Å². The van der Waals surface area contributed by atoms with E-state index in [0.29, 0.717) is 5.82 Å². The summed E-state index contributed by atoms with van der Waals surface area (Å²) in [6.07, 6.45) is 2.12. The number of hydrogen-bond acceptors (Lipinski definition) is 6. The molecular formula is C12H21N5O. The Hall–Kier alpha value is -1.40. The van der Waals surface area contributed by atoms with Gasteiger partial charge in [-0.2, -0.15) is 0 Å². The van der Waals surface area contributed by atoms with Gasteiger partial charge in [0.05, 0.1) is 12.7 Å². The summed E-state index contributed by atoms with van der Waals surface area (Å²) in [5.41, 5.74) is 2.61. The average Bonchev–Trinajstić information content (AvgIpc) is 2.39. The van der Waals surface area contributed by atoms with E-state index in [4.69, 9.17) is 10.6 Å². The Kier molecular flexibility index (Phi) is 4.33. The first-order valence-corrected chi connectivity index (χ1v) is 6.44. The largest absolute Gasteiger partial charge is 0.375 e. The lowest BCUT2D eigenvalue weighted by Gasteiger charge is -2.32. The molecule has 1 aliphatic rings. The van der Waals surface area contributed by atoms with E-state index < -0.39 is 0 Å².